The van der Waals surface area contributed by atoms with Crippen molar-refractivity contribution in [2.75, 3.05) is 0 Å². The minimum atomic E-state index is -0.694. The van der Waals surface area contributed by atoms with E-state index in [0.717, 1.165) is 0 Å². The zero-order valence-corrected chi connectivity index (χ0v) is 6.03. The van der Waals surface area contributed by atoms with E-state index in [4.69, 9.17) is 10.5 Å². The van der Waals surface area contributed by atoms with Crippen LogP contribution in [0.2, 0.25) is 0 Å². The quantitative estimate of drug-likeness (QED) is 0.303. The Kier molecular flexibility index (Phi) is 4.17. The first-order chi connectivity index (χ1) is 4.16. The second-order valence-electron chi connectivity index (χ2n) is 1.78. The highest BCUT2D eigenvalue weighted by Crippen LogP contribution is 1.86. The standard InChI is InChI=1S/C5H10N2OS/c1-4(6)2-5(8)7-3-9/h3,5-6,8H,2H2,1H3,(H,7,9). The first-order valence-corrected chi connectivity index (χ1v) is 3.05. The summed E-state index contributed by atoms with van der Waals surface area (Å²) in [6, 6.07) is 0. The summed E-state index contributed by atoms with van der Waals surface area (Å²) in [6.07, 6.45) is -0.368. The van der Waals surface area contributed by atoms with E-state index in [0.29, 0.717) is 12.1 Å². The lowest BCUT2D eigenvalue weighted by molar-refractivity contribution is 0.170. The van der Waals surface area contributed by atoms with Crippen molar-refractivity contribution in [1.29, 1.82) is 5.41 Å². The van der Waals surface area contributed by atoms with Gasteiger partial charge in [0.05, 0.1) is 5.49 Å². The molecule has 0 fully saturated rings. The third-order valence-electron chi connectivity index (χ3n) is 0.760. The molecule has 9 heavy (non-hydrogen) atoms. The van der Waals surface area contributed by atoms with Crippen molar-refractivity contribution < 1.29 is 5.11 Å². The number of rotatable bonds is 4. The van der Waals surface area contributed by atoms with Gasteiger partial charge >= 0.3 is 0 Å². The van der Waals surface area contributed by atoms with Gasteiger partial charge in [0.1, 0.15) is 6.23 Å². The largest absolute Gasteiger partial charge is 0.373 e. The van der Waals surface area contributed by atoms with E-state index in [1.54, 1.807) is 6.92 Å². The molecule has 4 heteroatoms. The fourth-order valence-corrected chi connectivity index (χ4v) is 0.585. The van der Waals surface area contributed by atoms with Gasteiger partial charge in [0.25, 0.3) is 0 Å². The lowest BCUT2D eigenvalue weighted by atomic mass is 10.3. The Bertz CT molecular complexity index is 116. The lowest BCUT2D eigenvalue weighted by Crippen LogP contribution is -2.28. The van der Waals surface area contributed by atoms with Crippen molar-refractivity contribution in [3.05, 3.63) is 0 Å². The molecule has 0 aromatic carbocycles. The molecule has 0 amide bonds. The monoisotopic (exact) mass is 146 g/mol. The van der Waals surface area contributed by atoms with Crippen LogP contribution in [0.15, 0.2) is 0 Å². The molecule has 0 aliphatic rings. The van der Waals surface area contributed by atoms with E-state index in [1.165, 1.54) is 5.49 Å². The molecule has 0 bridgehead atoms. The second-order valence-corrected chi connectivity index (χ2v) is 2.02. The van der Waals surface area contributed by atoms with Crippen molar-refractivity contribution in [2.24, 2.45) is 0 Å². The summed E-state index contributed by atoms with van der Waals surface area (Å²) in [4.78, 5) is 0. The fourth-order valence-electron chi connectivity index (χ4n) is 0.427. The minimum Gasteiger partial charge on any atom is -0.373 e. The molecule has 0 aliphatic carbocycles. The van der Waals surface area contributed by atoms with Gasteiger partial charge in [-0.1, -0.05) is 12.2 Å². The average Bonchev–Trinajstić information content (AvgIpc) is 1.63. The summed E-state index contributed by atoms with van der Waals surface area (Å²) in [6.45, 7) is 1.63. The zero-order chi connectivity index (χ0) is 7.28. The molecule has 0 saturated carbocycles. The Morgan fingerprint density at radius 2 is 2.56 bits per heavy atom. The van der Waals surface area contributed by atoms with Crippen molar-refractivity contribution in [2.45, 2.75) is 19.6 Å². The van der Waals surface area contributed by atoms with Crippen LogP contribution in [-0.2, 0) is 0 Å². The molecule has 1 atom stereocenters. The maximum Gasteiger partial charge on any atom is 0.129 e. The van der Waals surface area contributed by atoms with Gasteiger partial charge in [0.2, 0.25) is 0 Å². The molecule has 3 N–H and O–H groups in total. The van der Waals surface area contributed by atoms with Crippen LogP contribution in [-0.4, -0.2) is 22.5 Å². The Hall–Kier alpha value is -0.480. The van der Waals surface area contributed by atoms with E-state index in [1.807, 2.05) is 0 Å². The molecular weight excluding hydrogens is 136 g/mol. The van der Waals surface area contributed by atoms with Gasteiger partial charge in [0.15, 0.2) is 0 Å². The molecule has 0 aromatic heterocycles. The van der Waals surface area contributed by atoms with Gasteiger partial charge in [-0.15, -0.1) is 0 Å². The topological polar surface area (TPSA) is 56.1 Å². The highest BCUT2D eigenvalue weighted by atomic mass is 32.1. The molecule has 0 radical (unpaired) electrons. The number of aliphatic hydroxyl groups is 1. The summed E-state index contributed by atoms with van der Waals surface area (Å²) in [5, 5.41) is 18.3. The van der Waals surface area contributed by atoms with Gasteiger partial charge in [-0.3, -0.25) is 0 Å². The first-order valence-electron chi connectivity index (χ1n) is 2.58. The van der Waals surface area contributed by atoms with Crippen molar-refractivity contribution >= 4 is 23.4 Å². The second kappa shape index (κ2) is 4.40. The van der Waals surface area contributed by atoms with Crippen LogP contribution in [0.4, 0.5) is 0 Å². The van der Waals surface area contributed by atoms with Crippen LogP contribution < -0.4 is 5.32 Å². The predicted octanol–water partition coefficient (Wildman–Crippen LogP) is 0.281. The van der Waals surface area contributed by atoms with Crippen molar-refractivity contribution in [3.8, 4) is 0 Å². The molecule has 0 heterocycles. The lowest BCUT2D eigenvalue weighted by Gasteiger charge is -2.06. The molecule has 0 aliphatic heterocycles. The predicted molar refractivity (Wildman–Crippen MR) is 40.8 cm³/mol. The third kappa shape index (κ3) is 5.39. The normalized spacial score (nSPS) is 12.2. The summed E-state index contributed by atoms with van der Waals surface area (Å²) < 4.78 is 0. The van der Waals surface area contributed by atoms with Crippen LogP contribution >= 0.6 is 12.2 Å². The number of nitrogens with one attached hydrogen (secondary N) is 2. The van der Waals surface area contributed by atoms with Gasteiger partial charge in [-0.25, -0.2) is 0 Å². The highest BCUT2D eigenvalue weighted by molar-refractivity contribution is 7.78. The number of hydrogen-bond donors (Lipinski definition) is 3. The molecular formula is C5H10N2OS. The van der Waals surface area contributed by atoms with E-state index in [9.17, 15) is 0 Å². The highest BCUT2D eigenvalue weighted by Gasteiger charge is 1.99. The summed E-state index contributed by atoms with van der Waals surface area (Å²) in [5.74, 6) is 0. The van der Waals surface area contributed by atoms with Gasteiger partial charge in [-0.2, -0.15) is 0 Å². The summed E-state index contributed by atoms with van der Waals surface area (Å²) in [5.41, 5.74) is 1.68. The van der Waals surface area contributed by atoms with Crippen LogP contribution in [0.5, 0.6) is 0 Å². The summed E-state index contributed by atoms with van der Waals surface area (Å²) >= 11 is 4.41. The van der Waals surface area contributed by atoms with Gasteiger partial charge < -0.3 is 15.8 Å². The molecule has 0 aromatic rings. The number of hydrogen-bond acceptors (Lipinski definition) is 3. The average molecular weight is 146 g/mol. The Labute approximate surface area is 59.6 Å². The molecule has 1 unspecified atom stereocenters. The van der Waals surface area contributed by atoms with Crippen LogP contribution in [0, 0.1) is 5.41 Å². The maximum atomic E-state index is 8.87. The maximum absolute atomic E-state index is 8.87. The van der Waals surface area contributed by atoms with E-state index < -0.39 is 6.23 Å². The van der Waals surface area contributed by atoms with Crippen molar-refractivity contribution in [3.63, 3.8) is 0 Å². The minimum absolute atomic E-state index is 0.327. The van der Waals surface area contributed by atoms with Gasteiger partial charge in [-0.05, 0) is 6.92 Å². The third-order valence-corrected chi connectivity index (χ3v) is 0.896. The molecule has 0 saturated heterocycles. The molecule has 0 rings (SSSR count). The van der Waals surface area contributed by atoms with E-state index in [-0.39, 0.29) is 0 Å². The van der Waals surface area contributed by atoms with Crippen molar-refractivity contribution in [1.82, 2.24) is 5.32 Å². The van der Waals surface area contributed by atoms with E-state index in [2.05, 4.69) is 17.5 Å². The van der Waals surface area contributed by atoms with E-state index >= 15 is 0 Å². The fraction of sp³-hybridized carbons (Fsp3) is 0.600. The first kappa shape index (κ1) is 8.52. The Morgan fingerprint density at radius 3 is 2.89 bits per heavy atom. The number of thiocarbonyl (C=S) groups is 1. The molecule has 0 spiro atoms. The van der Waals surface area contributed by atoms with Crippen LogP contribution in [0.3, 0.4) is 0 Å². The van der Waals surface area contributed by atoms with Gasteiger partial charge in [0, 0.05) is 12.1 Å². The summed E-state index contributed by atoms with van der Waals surface area (Å²) in [7, 11) is 0. The van der Waals surface area contributed by atoms with Crippen LogP contribution in [0.1, 0.15) is 13.3 Å². The Morgan fingerprint density at radius 1 is 2.00 bits per heavy atom. The molecule has 52 valence electrons. The van der Waals surface area contributed by atoms with Crippen LogP contribution in [0.25, 0.3) is 0 Å². The molecule has 3 nitrogen and oxygen atoms in total. The SMILES string of the molecule is CC(=N)CC(O)NC=S. The Balaban J connectivity index is 3.37. The smallest absolute Gasteiger partial charge is 0.129 e. The zero-order valence-electron chi connectivity index (χ0n) is 5.22. The number of aliphatic hydroxyl groups excluding tert-OH is 1.